The number of likely N-dealkylation sites (tertiary alicyclic amines) is 1. The molecule has 0 atom stereocenters. The van der Waals surface area contributed by atoms with Crippen molar-refractivity contribution >= 4 is 15.9 Å². The van der Waals surface area contributed by atoms with Crippen LogP contribution < -0.4 is 4.74 Å². The van der Waals surface area contributed by atoms with Crippen LogP contribution in [0.3, 0.4) is 0 Å². The lowest BCUT2D eigenvalue weighted by atomic mass is 10.1. The number of sulfonamides is 1. The van der Waals surface area contributed by atoms with Gasteiger partial charge in [-0.3, -0.25) is 4.79 Å². The number of rotatable bonds is 7. The fraction of sp³-hybridized carbons (Fsp3) is 0.471. The highest BCUT2D eigenvalue weighted by Crippen LogP contribution is 2.20. The summed E-state index contributed by atoms with van der Waals surface area (Å²) in [5.74, 6) is 0.419. The average Bonchev–Trinajstić information content (AvgIpc) is 2.62. The Bertz CT molecular complexity index is 664. The lowest BCUT2D eigenvalue weighted by molar-refractivity contribution is -0.132. The van der Waals surface area contributed by atoms with Gasteiger partial charge in [0.1, 0.15) is 5.75 Å². The third-order valence-corrected chi connectivity index (χ3v) is 5.88. The number of hydrogen-bond acceptors (Lipinski definition) is 4. The summed E-state index contributed by atoms with van der Waals surface area (Å²) >= 11 is 0. The smallest absolute Gasteiger partial charge is 0.243 e. The van der Waals surface area contributed by atoms with Gasteiger partial charge >= 0.3 is 0 Å². The molecule has 0 radical (unpaired) electrons. The summed E-state index contributed by atoms with van der Waals surface area (Å²) in [7, 11) is -2.24. The molecule has 1 aliphatic rings. The van der Waals surface area contributed by atoms with Gasteiger partial charge in [-0.05, 0) is 43.5 Å². The Balaban J connectivity index is 2.17. The van der Waals surface area contributed by atoms with Crippen LogP contribution in [0.15, 0.2) is 41.8 Å². The molecule has 1 fully saturated rings. The van der Waals surface area contributed by atoms with Crippen molar-refractivity contribution in [3.05, 3.63) is 36.9 Å². The van der Waals surface area contributed by atoms with E-state index in [0.29, 0.717) is 18.8 Å². The molecule has 1 saturated heterocycles. The molecule has 0 unspecified atom stereocenters. The van der Waals surface area contributed by atoms with Gasteiger partial charge in [-0.1, -0.05) is 6.08 Å². The van der Waals surface area contributed by atoms with E-state index >= 15 is 0 Å². The Kier molecular flexibility index (Phi) is 6.39. The number of amides is 1. The summed E-state index contributed by atoms with van der Waals surface area (Å²) < 4.78 is 31.8. The maximum absolute atomic E-state index is 12.8. The quantitative estimate of drug-likeness (QED) is 0.703. The van der Waals surface area contributed by atoms with Crippen LogP contribution >= 0.6 is 0 Å². The Labute approximate surface area is 143 Å². The summed E-state index contributed by atoms with van der Waals surface area (Å²) in [5.41, 5.74) is 0. The van der Waals surface area contributed by atoms with E-state index in [1.807, 2.05) is 0 Å². The molecule has 2 rings (SSSR count). The van der Waals surface area contributed by atoms with Crippen molar-refractivity contribution in [2.75, 3.05) is 33.3 Å². The van der Waals surface area contributed by atoms with Gasteiger partial charge < -0.3 is 9.64 Å². The predicted molar refractivity (Wildman–Crippen MR) is 92.4 cm³/mol. The second-order valence-corrected chi connectivity index (χ2v) is 7.64. The third-order valence-electron chi connectivity index (χ3n) is 4.05. The van der Waals surface area contributed by atoms with E-state index in [-0.39, 0.29) is 23.9 Å². The Morgan fingerprint density at radius 2 is 1.88 bits per heavy atom. The highest BCUT2D eigenvalue weighted by atomic mass is 32.2. The van der Waals surface area contributed by atoms with E-state index in [9.17, 15) is 13.2 Å². The van der Waals surface area contributed by atoms with E-state index in [1.54, 1.807) is 17.0 Å². The van der Waals surface area contributed by atoms with E-state index in [1.165, 1.54) is 29.6 Å². The molecule has 7 heteroatoms. The molecular weight excluding hydrogens is 328 g/mol. The number of methoxy groups -OCH3 is 1. The number of carbonyl (C=O) groups excluding carboxylic acids is 1. The molecule has 132 valence electrons. The van der Waals surface area contributed by atoms with Gasteiger partial charge in [-0.15, -0.1) is 6.58 Å². The predicted octanol–water partition coefficient (Wildman–Crippen LogP) is 1.88. The van der Waals surface area contributed by atoms with Crippen molar-refractivity contribution < 1.29 is 17.9 Å². The molecule has 0 saturated carbocycles. The summed E-state index contributed by atoms with van der Waals surface area (Å²) in [6.45, 7) is 4.92. The number of hydrogen-bond donors (Lipinski definition) is 0. The standard InChI is InChI=1S/C17H24N2O4S/c1-3-11-19(14-17(20)18-12-5-4-6-13-18)24(21,22)16-9-7-15(23-2)8-10-16/h3,7-10H,1,4-6,11-14H2,2H3. The number of nitrogens with zero attached hydrogens (tertiary/aromatic N) is 2. The third kappa shape index (κ3) is 4.36. The van der Waals surface area contributed by atoms with Crippen LogP contribution in [0.25, 0.3) is 0 Å². The molecule has 1 heterocycles. The van der Waals surface area contributed by atoms with Gasteiger partial charge in [0, 0.05) is 19.6 Å². The Morgan fingerprint density at radius 3 is 2.42 bits per heavy atom. The monoisotopic (exact) mass is 352 g/mol. The molecule has 6 nitrogen and oxygen atoms in total. The molecule has 0 aromatic heterocycles. The lowest BCUT2D eigenvalue weighted by Gasteiger charge is -2.29. The van der Waals surface area contributed by atoms with E-state index < -0.39 is 10.0 Å². The second kappa shape index (κ2) is 8.30. The molecule has 1 aromatic rings. The molecule has 0 bridgehead atoms. The van der Waals surface area contributed by atoms with Crippen LogP contribution in [0.4, 0.5) is 0 Å². The largest absolute Gasteiger partial charge is 0.497 e. The zero-order chi connectivity index (χ0) is 17.6. The maximum atomic E-state index is 12.8. The highest BCUT2D eigenvalue weighted by Gasteiger charge is 2.28. The number of ether oxygens (including phenoxy) is 1. The van der Waals surface area contributed by atoms with Crippen LogP contribution in [0.5, 0.6) is 5.75 Å². The minimum atomic E-state index is -3.76. The number of carbonyl (C=O) groups is 1. The summed E-state index contributed by atoms with van der Waals surface area (Å²) in [4.78, 5) is 14.3. The number of piperidine rings is 1. The highest BCUT2D eigenvalue weighted by molar-refractivity contribution is 7.89. The topological polar surface area (TPSA) is 66.9 Å². The van der Waals surface area contributed by atoms with Crippen molar-refractivity contribution in [1.29, 1.82) is 0 Å². The molecule has 0 spiro atoms. The van der Waals surface area contributed by atoms with Gasteiger partial charge in [0.2, 0.25) is 15.9 Å². The first-order valence-corrected chi connectivity index (χ1v) is 9.46. The number of benzene rings is 1. The van der Waals surface area contributed by atoms with Crippen LogP contribution in [0.1, 0.15) is 19.3 Å². The van der Waals surface area contributed by atoms with Gasteiger partial charge in [-0.25, -0.2) is 8.42 Å². The first-order valence-electron chi connectivity index (χ1n) is 8.02. The Hall–Kier alpha value is -1.86. The summed E-state index contributed by atoms with van der Waals surface area (Å²) in [5, 5.41) is 0. The first-order chi connectivity index (χ1) is 11.5. The van der Waals surface area contributed by atoms with E-state index in [4.69, 9.17) is 4.74 Å². The normalized spacial score (nSPS) is 15.3. The van der Waals surface area contributed by atoms with Gasteiger partial charge in [0.25, 0.3) is 0 Å². The molecule has 1 aliphatic heterocycles. The van der Waals surface area contributed by atoms with Crippen molar-refractivity contribution in [2.24, 2.45) is 0 Å². The fourth-order valence-electron chi connectivity index (χ4n) is 2.68. The van der Waals surface area contributed by atoms with Crippen LogP contribution in [0.2, 0.25) is 0 Å². The zero-order valence-electron chi connectivity index (χ0n) is 14.0. The molecule has 24 heavy (non-hydrogen) atoms. The van der Waals surface area contributed by atoms with E-state index in [2.05, 4.69) is 6.58 Å². The van der Waals surface area contributed by atoms with Crippen molar-refractivity contribution in [2.45, 2.75) is 24.2 Å². The SMILES string of the molecule is C=CCN(CC(=O)N1CCCCC1)S(=O)(=O)c1ccc(OC)cc1. The Morgan fingerprint density at radius 1 is 1.25 bits per heavy atom. The van der Waals surface area contributed by atoms with E-state index in [0.717, 1.165) is 19.3 Å². The van der Waals surface area contributed by atoms with Crippen molar-refractivity contribution in [3.63, 3.8) is 0 Å². The molecule has 1 aromatic carbocycles. The fourth-order valence-corrected chi connectivity index (χ4v) is 4.04. The van der Waals surface area contributed by atoms with Gasteiger partial charge in [-0.2, -0.15) is 4.31 Å². The molecular formula is C17H24N2O4S. The van der Waals surface area contributed by atoms with Crippen molar-refractivity contribution in [3.8, 4) is 5.75 Å². The maximum Gasteiger partial charge on any atom is 0.243 e. The molecule has 0 aliphatic carbocycles. The summed E-state index contributed by atoms with van der Waals surface area (Å²) in [6.07, 6.45) is 4.55. The average molecular weight is 352 g/mol. The van der Waals surface area contributed by atoms with Gasteiger partial charge in [0.05, 0.1) is 18.6 Å². The van der Waals surface area contributed by atoms with Crippen molar-refractivity contribution in [1.82, 2.24) is 9.21 Å². The van der Waals surface area contributed by atoms with Crippen LogP contribution in [0, 0.1) is 0 Å². The van der Waals surface area contributed by atoms with Gasteiger partial charge in [0.15, 0.2) is 0 Å². The van der Waals surface area contributed by atoms with Crippen LogP contribution in [-0.2, 0) is 14.8 Å². The zero-order valence-corrected chi connectivity index (χ0v) is 14.8. The lowest BCUT2D eigenvalue weighted by Crippen LogP contribution is -2.44. The minimum Gasteiger partial charge on any atom is -0.497 e. The molecule has 0 N–H and O–H groups in total. The summed E-state index contributed by atoms with van der Waals surface area (Å²) in [6, 6.07) is 6.14. The molecule has 1 amide bonds. The van der Waals surface area contributed by atoms with Crippen LogP contribution in [-0.4, -0.2) is 56.8 Å². The second-order valence-electron chi connectivity index (χ2n) is 5.70. The minimum absolute atomic E-state index is 0.0912. The first kappa shape index (κ1) is 18.5.